The highest BCUT2D eigenvalue weighted by Crippen LogP contribution is 2.48. The molecule has 1 saturated carbocycles. The van der Waals surface area contributed by atoms with E-state index in [1.165, 1.54) is 4.90 Å². The molecule has 1 saturated heterocycles. The lowest BCUT2D eigenvalue weighted by Gasteiger charge is -2.33. The number of aromatic nitrogens is 1. The molecule has 4 aliphatic rings. The first kappa shape index (κ1) is 13.6. The van der Waals surface area contributed by atoms with Crippen LogP contribution in [0.4, 0.5) is 5.69 Å². The maximum absolute atomic E-state index is 12.9. The average Bonchev–Trinajstić information content (AvgIpc) is 2.88. The van der Waals surface area contributed by atoms with Crippen LogP contribution in [0.5, 0.6) is 0 Å². The molecule has 1 aliphatic heterocycles. The molecular formula is C19H14N2O3. The van der Waals surface area contributed by atoms with Gasteiger partial charge in [-0.05, 0) is 37.1 Å². The Hall–Kier alpha value is -2.82. The zero-order chi connectivity index (χ0) is 16.4. The van der Waals surface area contributed by atoms with E-state index >= 15 is 0 Å². The van der Waals surface area contributed by atoms with E-state index in [1.807, 2.05) is 24.3 Å². The molecule has 1 aromatic carbocycles. The Bertz CT molecular complexity index is 975. The molecule has 0 spiro atoms. The van der Waals surface area contributed by atoms with E-state index in [9.17, 15) is 14.4 Å². The van der Waals surface area contributed by atoms with Gasteiger partial charge in [-0.1, -0.05) is 11.6 Å². The number of hydrogen-bond donors (Lipinski definition) is 0. The van der Waals surface area contributed by atoms with Crippen molar-refractivity contribution in [2.24, 2.45) is 11.8 Å². The van der Waals surface area contributed by atoms with Gasteiger partial charge in [0, 0.05) is 29.5 Å². The molecule has 2 unspecified atom stereocenters. The Morgan fingerprint density at radius 2 is 2.00 bits per heavy atom. The van der Waals surface area contributed by atoms with Gasteiger partial charge in [-0.2, -0.15) is 0 Å². The number of carbonyl (C=O) groups excluding carboxylic acids is 3. The van der Waals surface area contributed by atoms with Crippen molar-refractivity contribution in [3.63, 3.8) is 0 Å². The number of rotatable bonds is 1. The van der Waals surface area contributed by atoms with Crippen LogP contribution in [-0.4, -0.2) is 22.6 Å². The van der Waals surface area contributed by atoms with Gasteiger partial charge >= 0.3 is 0 Å². The smallest absolute Gasteiger partial charge is 0.261 e. The van der Waals surface area contributed by atoms with Crippen LogP contribution in [0.2, 0.25) is 0 Å². The minimum Gasteiger partial charge on any atom is -0.299 e. The first-order valence-electron chi connectivity index (χ1n) is 8.13. The molecular weight excluding hydrogens is 304 g/mol. The van der Waals surface area contributed by atoms with Crippen molar-refractivity contribution in [1.82, 2.24) is 4.98 Å². The van der Waals surface area contributed by atoms with Crippen LogP contribution in [0.25, 0.3) is 10.9 Å². The fourth-order valence-electron chi connectivity index (χ4n) is 4.31. The number of carbonyl (C=O) groups is 3. The molecule has 1 aromatic heterocycles. The fraction of sp³-hybridized carbons (Fsp3) is 0.263. The molecule has 0 radical (unpaired) electrons. The highest BCUT2D eigenvalue weighted by atomic mass is 16.2. The highest BCUT2D eigenvalue weighted by molar-refractivity contribution is 6.31. The van der Waals surface area contributed by atoms with E-state index < -0.39 is 5.92 Å². The number of ketones is 1. The first-order chi connectivity index (χ1) is 11.6. The maximum Gasteiger partial charge on any atom is 0.261 e. The molecule has 118 valence electrons. The summed E-state index contributed by atoms with van der Waals surface area (Å²) in [7, 11) is 0. The van der Waals surface area contributed by atoms with E-state index in [4.69, 9.17) is 0 Å². The number of fused-ring (bicyclic) bond motifs is 3. The molecule has 0 N–H and O–H groups in total. The summed E-state index contributed by atoms with van der Waals surface area (Å²) >= 11 is 0. The van der Waals surface area contributed by atoms with Crippen molar-refractivity contribution < 1.29 is 14.4 Å². The van der Waals surface area contributed by atoms with Crippen LogP contribution in [0.15, 0.2) is 47.7 Å². The van der Waals surface area contributed by atoms with Crippen molar-refractivity contribution in [2.75, 3.05) is 4.90 Å². The normalized spacial score (nSPS) is 25.8. The van der Waals surface area contributed by atoms with Gasteiger partial charge < -0.3 is 0 Å². The predicted octanol–water partition coefficient (Wildman–Crippen LogP) is 2.40. The largest absolute Gasteiger partial charge is 0.299 e. The van der Waals surface area contributed by atoms with Gasteiger partial charge in [-0.25, -0.2) is 4.90 Å². The van der Waals surface area contributed by atoms with Crippen LogP contribution in [0.3, 0.4) is 0 Å². The molecule has 24 heavy (non-hydrogen) atoms. The Balaban J connectivity index is 1.65. The standard InChI is InChI=1S/C19H14N2O3/c22-15-9-11-3-5-13(15)17-16(11)18(23)21(19(17)24)12-4-6-14-10(8-12)2-1-7-20-14/h1-2,4,6-8,13,17H,3,5,9H2. The van der Waals surface area contributed by atoms with Gasteiger partial charge in [0.05, 0.1) is 17.1 Å². The Morgan fingerprint density at radius 1 is 1.12 bits per heavy atom. The van der Waals surface area contributed by atoms with Crippen LogP contribution in [0, 0.1) is 11.8 Å². The lowest BCUT2D eigenvalue weighted by Crippen LogP contribution is -2.38. The summed E-state index contributed by atoms with van der Waals surface area (Å²) in [5.41, 5.74) is 2.83. The maximum atomic E-state index is 12.9. The highest BCUT2D eigenvalue weighted by Gasteiger charge is 2.55. The number of pyridine rings is 1. The van der Waals surface area contributed by atoms with Crippen LogP contribution < -0.4 is 4.90 Å². The van der Waals surface area contributed by atoms with E-state index in [0.29, 0.717) is 24.1 Å². The summed E-state index contributed by atoms with van der Waals surface area (Å²) < 4.78 is 0. The second kappa shape index (κ2) is 4.60. The molecule has 2 amide bonds. The summed E-state index contributed by atoms with van der Waals surface area (Å²) in [6.45, 7) is 0. The van der Waals surface area contributed by atoms with Gasteiger partial charge in [-0.3, -0.25) is 19.4 Å². The lowest BCUT2D eigenvalue weighted by atomic mass is 9.67. The van der Waals surface area contributed by atoms with Crippen LogP contribution in [0.1, 0.15) is 19.3 Å². The average molecular weight is 318 g/mol. The minimum atomic E-state index is -0.563. The number of hydrogen-bond acceptors (Lipinski definition) is 4. The van der Waals surface area contributed by atoms with E-state index in [-0.39, 0.29) is 23.5 Å². The summed E-state index contributed by atoms with van der Waals surface area (Å²) in [4.78, 5) is 43.5. The van der Waals surface area contributed by atoms with Crippen molar-refractivity contribution >= 4 is 34.2 Å². The summed E-state index contributed by atoms with van der Waals surface area (Å²) in [5.74, 6) is -1.28. The molecule has 6 rings (SSSR count). The first-order valence-corrected chi connectivity index (χ1v) is 8.13. The van der Waals surface area contributed by atoms with E-state index in [1.54, 1.807) is 12.3 Å². The van der Waals surface area contributed by atoms with Crippen molar-refractivity contribution in [2.45, 2.75) is 19.3 Å². The molecule has 2 fully saturated rings. The van der Waals surface area contributed by atoms with E-state index in [0.717, 1.165) is 22.9 Å². The number of nitrogens with zero attached hydrogens (tertiary/aromatic N) is 2. The molecule has 2 atom stereocenters. The van der Waals surface area contributed by atoms with Crippen LogP contribution in [-0.2, 0) is 14.4 Å². The molecule has 3 aliphatic carbocycles. The van der Waals surface area contributed by atoms with Crippen molar-refractivity contribution in [1.29, 1.82) is 0 Å². The third kappa shape index (κ3) is 1.64. The summed E-state index contributed by atoms with van der Waals surface area (Å²) in [5, 5.41) is 0.877. The van der Waals surface area contributed by atoms with Crippen molar-refractivity contribution in [3.05, 3.63) is 47.7 Å². The number of allylic oxidation sites excluding steroid dienone is 1. The van der Waals surface area contributed by atoms with Gasteiger partial charge in [0.15, 0.2) is 0 Å². The molecule has 5 nitrogen and oxygen atoms in total. The predicted molar refractivity (Wildman–Crippen MR) is 87.1 cm³/mol. The number of amides is 2. The quantitative estimate of drug-likeness (QED) is 0.757. The second-order valence-electron chi connectivity index (χ2n) is 6.64. The zero-order valence-electron chi connectivity index (χ0n) is 12.9. The third-order valence-electron chi connectivity index (χ3n) is 5.42. The Labute approximate surface area is 138 Å². The second-order valence-corrected chi connectivity index (χ2v) is 6.64. The number of imide groups is 1. The summed E-state index contributed by atoms with van der Waals surface area (Å²) in [6, 6.07) is 9.09. The van der Waals surface area contributed by atoms with E-state index in [2.05, 4.69) is 4.98 Å². The monoisotopic (exact) mass is 318 g/mol. The lowest BCUT2D eigenvalue weighted by molar-refractivity contribution is -0.131. The Morgan fingerprint density at radius 3 is 2.83 bits per heavy atom. The molecule has 2 heterocycles. The number of anilines is 1. The zero-order valence-corrected chi connectivity index (χ0v) is 12.9. The van der Waals surface area contributed by atoms with Gasteiger partial charge in [0.2, 0.25) is 5.91 Å². The number of benzene rings is 1. The number of Topliss-reactive ketones (excluding diaryl/α,β-unsaturated/α-hetero) is 1. The fourth-order valence-corrected chi connectivity index (χ4v) is 4.31. The summed E-state index contributed by atoms with van der Waals surface area (Å²) in [6.07, 6.45) is 3.50. The third-order valence-corrected chi connectivity index (χ3v) is 5.42. The molecule has 2 bridgehead atoms. The molecule has 5 heteroatoms. The van der Waals surface area contributed by atoms with Crippen LogP contribution >= 0.6 is 0 Å². The van der Waals surface area contributed by atoms with Crippen molar-refractivity contribution in [3.8, 4) is 0 Å². The topological polar surface area (TPSA) is 67.3 Å². The van der Waals surface area contributed by atoms with Gasteiger partial charge in [0.25, 0.3) is 5.91 Å². The minimum absolute atomic E-state index is 0.107. The Kier molecular flexibility index (Phi) is 2.61. The SMILES string of the molecule is O=C1CC2=C3C(=O)N(c4ccc5ncccc5c4)C(=O)C3C1CC2. The van der Waals surface area contributed by atoms with Gasteiger partial charge in [0.1, 0.15) is 5.78 Å². The van der Waals surface area contributed by atoms with Gasteiger partial charge in [-0.15, -0.1) is 0 Å². The molecule has 2 aromatic rings.